The van der Waals surface area contributed by atoms with Crippen molar-refractivity contribution in [3.63, 3.8) is 0 Å². The van der Waals surface area contributed by atoms with Crippen LogP contribution in [0.3, 0.4) is 0 Å². The average molecular weight is 273 g/mol. The normalized spacial score (nSPS) is 13.1. The first kappa shape index (κ1) is 9.89. The highest BCUT2D eigenvalue weighted by Gasteiger charge is 2.17. The summed E-state index contributed by atoms with van der Waals surface area (Å²) in [6.45, 7) is 0. The Morgan fingerprint density at radius 2 is 2.36 bits per heavy atom. The molecular formula is C9H9BrN2OS. The van der Waals surface area contributed by atoms with Gasteiger partial charge in [0.15, 0.2) is 0 Å². The maximum Gasteiger partial charge on any atom is 0.131 e. The van der Waals surface area contributed by atoms with Crippen molar-refractivity contribution in [2.45, 2.75) is 6.10 Å². The van der Waals surface area contributed by atoms with Gasteiger partial charge in [0.25, 0.3) is 0 Å². The lowest BCUT2D eigenvalue weighted by Gasteiger charge is -2.09. The van der Waals surface area contributed by atoms with Crippen LogP contribution >= 0.6 is 27.3 Å². The highest BCUT2D eigenvalue weighted by atomic mass is 79.9. The number of halogens is 1. The summed E-state index contributed by atoms with van der Waals surface area (Å²) in [6, 6.07) is 3.75. The molecule has 2 rings (SSSR count). The van der Waals surface area contributed by atoms with Crippen LogP contribution in [0.2, 0.25) is 0 Å². The fraction of sp³-hybridized carbons (Fsp3) is 0.222. The number of aliphatic hydroxyl groups is 1. The quantitative estimate of drug-likeness (QED) is 0.911. The number of aliphatic hydroxyl groups excluding tert-OH is 1. The van der Waals surface area contributed by atoms with Gasteiger partial charge in [-0.15, -0.1) is 11.3 Å². The summed E-state index contributed by atoms with van der Waals surface area (Å²) >= 11 is 4.92. The third kappa shape index (κ3) is 1.63. The summed E-state index contributed by atoms with van der Waals surface area (Å²) in [5, 5.41) is 16.0. The number of hydrogen-bond donors (Lipinski definition) is 1. The van der Waals surface area contributed by atoms with Crippen LogP contribution in [0.25, 0.3) is 0 Å². The van der Waals surface area contributed by atoms with E-state index in [1.165, 1.54) is 11.3 Å². The van der Waals surface area contributed by atoms with Crippen LogP contribution in [-0.4, -0.2) is 14.9 Å². The van der Waals surface area contributed by atoms with E-state index in [1.807, 2.05) is 24.6 Å². The smallest absolute Gasteiger partial charge is 0.131 e. The lowest BCUT2D eigenvalue weighted by atomic mass is 10.2. The fourth-order valence-corrected chi connectivity index (χ4v) is 2.87. The average Bonchev–Trinajstić information content (AvgIpc) is 2.73. The Morgan fingerprint density at radius 3 is 2.86 bits per heavy atom. The Kier molecular flexibility index (Phi) is 2.71. The number of nitrogens with zero attached hydrogens (tertiary/aromatic N) is 2. The lowest BCUT2D eigenvalue weighted by molar-refractivity contribution is 0.213. The zero-order valence-electron chi connectivity index (χ0n) is 7.51. The zero-order chi connectivity index (χ0) is 10.1. The first-order valence-electron chi connectivity index (χ1n) is 4.09. The summed E-state index contributed by atoms with van der Waals surface area (Å²) in [5.41, 5.74) is 0.799. The molecular weight excluding hydrogens is 264 g/mol. The highest BCUT2D eigenvalue weighted by Crippen LogP contribution is 2.32. The second-order valence-corrected chi connectivity index (χ2v) is 4.72. The molecule has 1 atom stereocenters. The molecule has 0 aliphatic carbocycles. The minimum absolute atomic E-state index is 0.600. The molecule has 3 nitrogen and oxygen atoms in total. The van der Waals surface area contributed by atoms with Gasteiger partial charge in [-0.3, -0.25) is 4.68 Å². The van der Waals surface area contributed by atoms with Gasteiger partial charge >= 0.3 is 0 Å². The van der Waals surface area contributed by atoms with Crippen LogP contribution in [0.5, 0.6) is 0 Å². The Hall–Kier alpha value is -0.650. The van der Waals surface area contributed by atoms with Gasteiger partial charge in [0, 0.05) is 17.7 Å². The molecule has 0 saturated heterocycles. The Balaban J connectivity index is 2.38. The molecule has 2 aromatic rings. The summed E-state index contributed by atoms with van der Waals surface area (Å²) in [5.74, 6) is 0. The van der Waals surface area contributed by atoms with Crippen molar-refractivity contribution < 1.29 is 5.11 Å². The Bertz CT molecular complexity index is 397. The van der Waals surface area contributed by atoms with E-state index in [9.17, 15) is 5.11 Å². The molecule has 2 aromatic heterocycles. The second kappa shape index (κ2) is 3.84. The number of thiophene rings is 1. The number of aromatic nitrogens is 2. The molecule has 1 N–H and O–H groups in total. The molecule has 0 saturated carbocycles. The Labute approximate surface area is 94.1 Å². The molecule has 14 heavy (non-hydrogen) atoms. The van der Waals surface area contributed by atoms with E-state index in [4.69, 9.17) is 0 Å². The van der Waals surface area contributed by atoms with Gasteiger partial charge in [-0.1, -0.05) is 0 Å². The SMILES string of the molecule is Cn1nccc1C(O)c1sccc1Br. The third-order valence-electron chi connectivity index (χ3n) is 2.03. The molecule has 2 heterocycles. The van der Waals surface area contributed by atoms with E-state index in [2.05, 4.69) is 21.0 Å². The molecule has 0 radical (unpaired) electrons. The molecule has 5 heteroatoms. The zero-order valence-corrected chi connectivity index (χ0v) is 9.92. The predicted octanol–water partition coefficient (Wildman–Crippen LogP) is 2.33. The monoisotopic (exact) mass is 272 g/mol. The largest absolute Gasteiger partial charge is 0.381 e. The maximum absolute atomic E-state index is 10.1. The maximum atomic E-state index is 10.1. The van der Waals surface area contributed by atoms with E-state index in [0.29, 0.717) is 0 Å². The molecule has 0 aliphatic heterocycles. The molecule has 0 fully saturated rings. The van der Waals surface area contributed by atoms with Gasteiger partial charge in [0.1, 0.15) is 6.10 Å². The number of rotatable bonds is 2. The van der Waals surface area contributed by atoms with E-state index < -0.39 is 6.10 Å². The van der Waals surface area contributed by atoms with Gasteiger partial charge in [0.05, 0.1) is 10.6 Å². The highest BCUT2D eigenvalue weighted by molar-refractivity contribution is 9.10. The molecule has 0 amide bonds. The first-order valence-corrected chi connectivity index (χ1v) is 5.76. The predicted molar refractivity (Wildman–Crippen MR) is 59.3 cm³/mol. The van der Waals surface area contributed by atoms with Crippen molar-refractivity contribution in [1.82, 2.24) is 9.78 Å². The van der Waals surface area contributed by atoms with Crippen LogP contribution in [0.15, 0.2) is 28.2 Å². The van der Waals surface area contributed by atoms with E-state index >= 15 is 0 Å². The lowest BCUT2D eigenvalue weighted by Crippen LogP contribution is -2.05. The van der Waals surface area contributed by atoms with Crippen LogP contribution < -0.4 is 0 Å². The minimum atomic E-state index is -0.600. The topological polar surface area (TPSA) is 38.0 Å². The van der Waals surface area contributed by atoms with Crippen LogP contribution in [0.4, 0.5) is 0 Å². The molecule has 0 spiro atoms. The summed E-state index contributed by atoms with van der Waals surface area (Å²) in [4.78, 5) is 0.911. The van der Waals surface area contributed by atoms with Crippen molar-refractivity contribution >= 4 is 27.3 Å². The van der Waals surface area contributed by atoms with Gasteiger partial charge in [0.2, 0.25) is 0 Å². The van der Waals surface area contributed by atoms with Crippen LogP contribution in [0, 0.1) is 0 Å². The van der Waals surface area contributed by atoms with Gasteiger partial charge in [-0.25, -0.2) is 0 Å². The van der Waals surface area contributed by atoms with Crippen molar-refractivity contribution in [2.24, 2.45) is 7.05 Å². The molecule has 0 aliphatic rings. The second-order valence-electron chi connectivity index (χ2n) is 2.92. The number of hydrogen-bond acceptors (Lipinski definition) is 3. The van der Waals surface area contributed by atoms with Gasteiger partial charge in [-0.05, 0) is 33.4 Å². The van der Waals surface area contributed by atoms with E-state index in [1.54, 1.807) is 10.9 Å². The van der Waals surface area contributed by atoms with Crippen molar-refractivity contribution in [3.05, 3.63) is 38.8 Å². The number of aryl methyl sites for hydroxylation is 1. The molecule has 1 unspecified atom stereocenters. The van der Waals surface area contributed by atoms with Crippen molar-refractivity contribution in [1.29, 1.82) is 0 Å². The summed E-state index contributed by atoms with van der Waals surface area (Å²) in [7, 11) is 1.82. The minimum Gasteiger partial charge on any atom is -0.381 e. The summed E-state index contributed by atoms with van der Waals surface area (Å²) < 4.78 is 2.62. The van der Waals surface area contributed by atoms with Crippen molar-refractivity contribution in [3.8, 4) is 0 Å². The standard InChI is InChI=1S/C9H9BrN2OS/c1-12-7(2-4-11-12)8(13)9-6(10)3-5-14-9/h2-5,8,13H,1H3. The molecule has 0 aromatic carbocycles. The van der Waals surface area contributed by atoms with Crippen LogP contribution in [0.1, 0.15) is 16.7 Å². The molecule has 74 valence electrons. The van der Waals surface area contributed by atoms with Gasteiger partial charge in [-0.2, -0.15) is 5.10 Å². The Morgan fingerprint density at radius 1 is 1.57 bits per heavy atom. The first-order chi connectivity index (χ1) is 6.70. The molecule has 0 bridgehead atoms. The summed E-state index contributed by atoms with van der Waals surface area (Å²) in [6.07, 6.45) is 1.08. The fourth-order valence-electron chi connectivity index (χ4n) is 1.29. The van der Waals surface area contributed by atoms with E-state index in [-0.39, 0.29) is 0 Å². The van der Waals surface area contributed by atoms with E-state index in [0.717, 1.165) is 15.0 Å². The van der Waals surface area contributed by atoms with Crippen LogP contribution in [-0.2, 0) is 7.05 Å². The third-order valence-corrected chi connectivity index (χ3v) is 3.96. The van der Waals surface area contributed by atoms with Crippen molar-refractivity contribution in [2.75, 3.05) is 0 Å². The van der Waals surface area contributed by atoms with Gasteiger partial charge < -0.3 is 5.11 Å².